The molecule has 2 atom stereocenters. The second-order valence-corrected chi connectivity index (χ2v) is 23.6. The molecule has 0 fully saturated rings. The van der Waals surface area contributed by atoms with Crippen LogP contribution in [0.15, 0.2) is 146 Å². The van der Waals surface area contributed by atoms with E-state index in [1.54, 1.807) is 6.08 Å². The van der Waals surface area contributed by atoms with Crippen molar-refractivity contribution in [2.75, 3.05) is 6.61 Å². The molecule has 0 spiro atoms. The SMILES string of the molecule is CC/C=C\C/C=C\C/C=C\C/C=C\C/C=C\C/C=C\C/C=C\C/C=C\C/C=C\CCCCCCCCCCCCCC(=O)NC(CO)C(O)/C=C/CC/C=C/CC/C=C/CCCCCCCCCCCCCCCCCCCCCCCC. The maximum absolute atomic E-state index is 12.5. The molecule has 2 unspecified atom stereocenters. The molecule has 0 saturated heterocycles. The van der Waals surface area contributed by atoms with Gasteiger partial charge in [0.25, 0.3) is 0 Å². The summed E-state index contributed by atoms with van der Waals surface area (Å²) in [6, 6.07) is -0.659. The number of nitrogens with one attached hydrogen (secondary N) is 1. The minimum atomic E-state index is -0.883. The number of aliphatic hydroxyl groups excluding tert-OH is 2. The molecule has 0 aliphatic carbocycles. The summed E-state index contributed by atoms with van der Waals surface area (Å²) < 4.78 is 0. The van der Waals surface area contributed by atoms with Crippen LogP contribution in [0.2, 0.25) is 0 Å². The van der Waals surface area contributed by atoms with Gasteiger partial charge in [-0.2, -0.15) is 0 Å². The van der Waals surface area contributed by atoms with Gasteiger partial charge in [-0.25, -0.2) is 0 Å². The normalized spacial score (nSPS) is 13.6. The third-order valence-electron chi connectivity index (χ3n) is 15.5. The third-order valence-corrected chi connectivity index (χ3v) is 15.5. The van der Waals surface area contributed by atoms with E-state index in [4.69, 9.17) is 0 Å². The summed E-state index contributed by atoms with van der Waals surface area (Å²) in [6.07, 6.45) is 114. The molecule has 0 aliphatic rings. The van der Waals surface area contributed by atoms with E-state index >= 15 is 0 Å². The first-order chi connectivity index (χ1) is 41.2. The van der Waals surface area contributed by atoms with Crippen LogP contribution < -0.4 is 5.32 Å². The summed E-state index contributed by atoms with van der Waals surface area (Å²) in [5.74, 6) is -0.0841. The second kappa shape index (κ2) is 72.5. The smallest absolute Gasteiger partial charge is 0.220 e. The Morgan fingerprint density at radius 1 is 0.301 bits per heavy atom. The maximum Gasteiger partial charge on any atom is 0.220 e. The topological polar surface area (TPSA) is 69.6 Å². The zero-order chi connectivity index (χ0) is 59.8. The lowest BCUT2D eigenvalue weighted by molar-refractivity contribution is -0.123. The summed E-state index contributed by atoms with van der Waals surface area (Å²) in [4.78, 5) is 12.5. The fourth-order valence-corrected chi connectivity index (χ4v) is 10.2. The van der Waals surface area contributed by atoms with E-state index in [0.717, 1.165) is 103 Å². The molecule has 0 heterocycles. The van der Waals surface area contributed by atoms with Crippen molar-refractivity contribution >= 4 is 5.91 Å². The Morgan fingerprint density at radius 3 is 0.843 bits per heavy atom. The van der Waals surface area contributed by atoms with Crippen molar-refractivity contribution in [1.29, 1.82) is 0 Å². The van der Waals surface area contributed by atoms with Gasteiger partial charge in [0.2, 0.25) is 5.91 Å². The van der Waals surface area contributed by atoms with Crippen molar-refractivity contribution < 1.29 is 15.0 Å². The van der Waals surface area contributed by atoms with Crippen LogP contribution in [0.4, 0.5) is 0 Å². The molecule has 0 bridgehead atoms. The summed E-state index contributed by atoms with van der Waals surface area (Å²) in [5, 5.41) is 23.3. The lowest BCUT2D eigenvalue weighted by Crippen LogP contribution is -2.45. The Kier molecular flexibility index (Phi) is 69.3. The van der Waals surface area contributed by atoms with Gasteiger partial charge >= 0.3 is 0 Å². The summed E-state index contributed by atoms with van der Waals surface area (Å²) in [5.41, 5.74) is 0. The Morgan fingerprint density at radius 2 is 0.542 bits per heavy atom. The van der Waals surface area contributed by atoms with Gasteiger partial charge in [-0.1, -0.05) is 352 Å². The average Bonchev–Trinajstić information content (AvgIpc) is 3.51. The van der Waals surface area contributed by atoms with E-state index in [-0.39, 0.29) is 12.5 Å². The van der Waals surface area contributed by atoms with Gasteiger partial charge in [-0.05, 0) is 116 Å². The van der Waals surface area contributed by atoms with Crippen LogP contribution in [-0.4, -0.2) is 34.9 Å². The highest BCUT2D eigenvalue weighted by Gasteiger charge is 2.18. The number of aliphatic hydroxyl groups is 2. The first kappa shape index (κ1) is 79.3. The highest BCUT2D eigenvalue weighted by Crippen LogP contribution is 2.17. The van der Waals surface area contributed by atoms with Crippen molar-refractivity contribution in [3.05, 3.63) is 146 Å². The van der Waals surface area contributed by atoms with Gasteiger partial charge in [-0.15, -0.1) is 0 Å². The summed E-state index contributed by atoms with van der Waals surface area (Å²) in [6.45, 7) is 4.20. The number of unbranched alkanes of at least 4 members (excludes halogenated alkanes) is 35. The second-order valence-electron chi connectivity index (χ2n) is 23.6. The Balaban J connectivity index is 3.59. The molecule has 4 nitrogen and oxygen atoms in total. The van der Waals surface area contributed by atoms with E-state index in [1.807, 2.05) is 6.08 Å². The molecule has 0 radical (unpaired) electrons. The molecule has 0 rings (SSSR count). The fraction of sp³-hybridized carbons (Fsp3) is 0.684. The van der Waals surface area contributed by atoms with Crippen LogP contribution in [-0.2, 0) is 4.79 Å². The number of hydrogen-bond acceptors (Lipinski definition) is 3. The van der Waals surface area contributed by atoms with Gasteiger partial charge in [-0.3, -0.25) is 4.79 Å². The number of hydrogen-bond donors (Lipinski definition) is 3. The lowest BCUT2D eigenvalue weighted by Gasteiger charge is -2.19. The number of carbonyl (C=O) groups is 1. The van der Waals surface area contributed by atoms with Crippen molar-refractivity contribution in [3.63, 3.8) is 0 Å². The monoisotopic (exact) mass is 1150 g/mol. The lowest BCUT2D eigenvalue weighted by atomic mass is 10.0. The number of rotatable bonds is 64. The molecule has 4 heteroatoms. The van der Waals surface area contributed by atoms with Crippen LogP contribution in [0, 0.1) is 0 Å². The molecule has 1 amide bonds. The van der Waals surface area contributed by atoms with Gasteiger partial charge in [0.05, 0.1) is 18.8 Å². The van der Waals surface area contributed by atoms with Crippen molar-refractivity contribution in [2.24, 2.45) is 0 Å². The fourth-order valence-electron chi connectivity index (χ4n) is 10.2. The quantitative estimate of drug-likeness (QED) is 0.0420. The summed E-state index contributed by atoms with van der Waals surface area (Å²) in [7, 11) is 0. The highest BCUT2D eigenvalue weighted by molar-refractivity contribution is 5.76. The zero-order valence-corrected chi connectivity index (χ0v) is 54.7. The maximum atomic E-state index is 12.5. The van der Waals surface area contributed by atoms with Crippen LogP contribution in [0.5, 0.6) is 0 Å². The van der Waals surface area contributed by atoms with Crippen molar-refractivity contribution in [2.45, 2.75) is 341 Å². The zero-order valence-electron chi connectivity index (χ0n) is 54.7. The highest BCUT2D eigenvalue weighted by atomic mass is 16.3. The van der Waals surface area contributed by atoms with E-state index in [9.17, 15) is 15.0 Å². The van der Waals surface area contributed by atoms with E-state index in [2.05, 4.69) is 153 Å². The molecule has 0 aromatic rings. The molecule has 83 heavy (non-hydrogen) atoms. The number of amides is 1. The molecule has 0 aliphatic heterocycles. The predicted octanol–water partition coefficient (Wildman–Crippen LogP) is 24.7. The van der Waals surface area contributed by atoms with E-state index in [0.29, 0.717) is 6.42 Å². The van der Waals surface area contributed by atoms with E-state index in [1.165, 1.54) is 205 Å². The Hall–Kier alpha value is -3.73. The molecule has 3 N–H and O–H groups in total. The van der Waals surface area contributed by atoms with Gasteiger partial charge in [0.15, 0.2) is 0 Å². The number of allylic oxidation sites excluding steroid dienone is 23. The molecule has 0 aromatic carbocycles. The first-order valence-corrected chi connectivity index (χ1v) is 35.5. The largest absolute Gasteiger partial charge is 0.394 e. The Labute approximate surface area is 516 Å². The van der Waals surface area contributed by atoms with Gasteiger partial charge in [0, 0.05) is 6.42 Å². The van der Waals surface area contributed by atoms with Gasteiger partial charge < -0.3 is 15.5 Å². The standard InChI is InChI=1S/C79H135NO3/c1-3-5-7-9-11-13-15-17-19-21-23-25-27-29-31-33-35-37-38-39-40-41-42-43-45-47-49-51-53-55-57-59-61-63-65-67-69-71-73-75-79(83)80-77(76-81)78(82)74-72-70-68-66-64-62-60-58-56-54-52-50-48-46-44-36-34-32-30-28-26-24-22-20-18-16-14-12-10-8-6-4-2/h5,7,11,13,17,19,23,25,29,31,35,37,39-40,42-43,47,49,56,58,64,66,72,74,77-78,81-82H,3-4,6,8-10,12,14-16,18,20-22,24,26-28,30,32-34,36,38,41,44-46,48,50-55,57,59-63,65,67-71,73,75-76H2,1-2H3,(H,80,83)/b7-5-,13-11-,19-17-,25-23-,31-29-,37-35-,40-39-,43-42-,49-47-,58-56+,66-64+,74-72+. The minimum absolute atomic E-state index is 0.0841. The average molecular weight is 1150 g/mol. The van der Waals surface area contributed by atoms with Crippen LogP contribution >= 0.6 is 0 Å². The Bertz CT molecular complexity index is 1680. The van der Waals surface area contributed by atoms with Crippen molar-refractivity contribution in [3.8, 4) is 0 Å². The molecular formula is C79H135NO3. The van der Waals surface area contributed by atoms with Crippen LogP contribution in [0.25, 0.3) is 0 Å². The third kappa shape index (κ3) is 68.9. The number of carbonyl (C=O) groups excluding carboxylic acids is 1. The van der Waals surface area contributed by atoms with Gasteiger partial charge in [0.1, 0.15) is 0 Å². The molecule has 0 saturated carbocycles. The predicted molar refractivity (Wildman–Crippen MR) is 372 cm³/mol. The first-order valence-electron chi connectivity index (χ1n) is 35.5. The van der Waals surface area contributed by atoms with Crippen LogP contribution in [0.1, 0.15) is 328 Å². The van der Waals surface area contributed by atoms with Crippen molar-refractivity contribution in [1.82, 2.24) is 5.32 Å². The molecule has 0 aromatic heterocycles. The summed E-state index contributed by atoms with van der Waals surface area (Å²) >= 11 is 0. The van der Waals surface area contributed by atoms with Crippen LogP contribution in [0.3, 0.4) is 0 Å². The molecular weight excluding hydrogens is 1010 g/mol. The minimum Gasteiger partial charge on any atom is -0.394 e. The van der Waals surface area contributed by atoms with E-state index < -0.39 is 12.1 Å². The molecule has 474 valence electrons.